The maximum Gasteiger partial charge on any atom is 0.268 e. The first-order valence-electron chi connectivity index (χ1n) is 17.3. The number of rotatable bonds is 8. The molecule has 11 nitrogen and oxygen atoms in total. The van der Waals surface area contributed by atoms with Crippen molar-refractivity contribution in [2.75, 3.05) is 16.4 Å². The van der Waals surface area contributed by atoms with Crippen molar-refractivity contribution in [3.8, 4) is 11.5 Å². The number of nitrogens with zero attached hydrogens (tertiary/aromatic N) is 5. The van der Waals surface area contributed by atoms with Crippen LogP contribution in [-0.4, -0.2) is 57.7 Å². The number of hydrogen-bond acceptors (Lipinski definition) is 8. The van der Waals surface area contributed by atoms with Crippen molar-refractivity contribution < 1.29 is 29.0 Å². The molecule has 4 heterocycles. The number of hydrogen-bond donors (Lipinski definition) is 2. The maximum absolute atomic E-state index is 15.1. The first-order chi connectivity index (χ1) is 24.6. The summed E-state index contributed by atoms with van der Waals surface area (Å²) in [5, 5.41) is 17.7. The zero-order valence-corrected chi connectivity index (χ0v) is 29.6. The Morgan fingerprint density at radius 3 is 2.35 bits per heavy atom. The summed E-state index contributed by atoms with van der Waals surface area (Å²) in [7, 11) is -2.95. The second-order valence-electron chi connectivity index (χ2n) is 14.0. The second-order valence-corrected chi connectivity index (χ2v) is 18.0. The fourth-order valence-corrected chi connectivity index (χ4v) is 10.8. The van der Waals surface area contributed by atoms with Gasteiger partial charge < -0.3 is 19.4 Å². The number of carbonyl (C=O) groups excluding carboxylic acids is 2. The van der Waals surface area contributed by atoms with Gasteiger partial charge in [0.15, 0.2) is 19.7 Å². The molecule has 2 amide bonds. The third-order valence-corrected chi connectivity index (χ3v) is 12.9. The summed E-state index contributed by atoms with van der Waals surface area (Å²) < 4.78 is 15.1. The lowest BCUT2D eigenvalue weighted by Gasteiger charge is -2.32. The van der Waals surface area contributed by atoms with Gasteiger partial charge >= 0.3 is 0 Å². The topological polar surface area (TPSA) is 130 Å². The van der Waals surface area contributed by atoms with Gasteiger partial charge in [0.25, 0.3) is 11.8 Å². The number of benzene rings is 4. The van der Waals surface area contributed by atoms with E-state index in [0.717, 1.165) is 0 Å². The molecular weight excluding hydrogens is 663 g/mol. The van der Waals surface area contributed by atoms with E-state index in [1.165, 1.54) is 0 Å². The lowest BCUT2D eigenvalue weighted by Crippen LogP contribution is -2.45. The van der Waals surface area contributed by atoms with Crippen LogP contribution in [0.25, 0.3) is 0 Å². The van der Waals surface area contributed by atoms with Gasteiger partial charge in [-0.2, -0.15) is 0 Å². The van der Waals surface area contributed by atoms with E-state index in [1.54, 1.807) is 32.8 Å². The van der Waals surface area contributed by atoms with E-state index in [9.17, 15) is 14.7 Å². The standard InChI is InChI=1S/C39H39N5O6Si/c1-25-36(51(2,3)48)35(19-21-42-24-26(20-22-45)40-41-42)50-39(25)30-23-28(17-18-31(30)44(38(39)47)27-11-5-4-6-12-27)43-32-14-8-10-16-34(32)49-33-15-9-7-13-29(33)37(43)46/h4-18,23-25,35-36,45,48H,19-22H2,1-3H3/t25-,35+,36-,39+/m1/s1. The zero-order chi connectivity index (χ0) is 35.5. The van der Waals surface area contributed by atoms with E-state index >= 15 is 4.79 Å². The van der Waals surface area contributed by atoms with Gasteiger partial charge in [0.2, 0.25) is 0 Å². The molecule has 1 fully saturated rings. The molecule has 0 unspecified atom stereocenters. The normalized spacial score (nSPS) is 22.5. The van der Waals surface area contributed by atoms with Crippen molar-refractivity contribution in [3.05, 3.63) is 120 Å². The Labute approximate surface area is 296 Å². The number of aromatic nitrogens is 3. The van der Waals surface area contributed by atoms with Gasteiger partial charge in [0, 0.05) is 54.2 Å². The number of aliphatic hydroxyl groups is 1. The van der Waals surface area contributed by atoms with Gasteiger partial charge in [-0.15, -0.1) is 5.10 Å². The number of anilines is 4. The van der Waals surface area contributed by atoms with Crippen LogP contribution >= 0.6 is 0 Å². The summed E-state index contributed by atoms with van der Waals surface area (Å²) in [6.45, 7) is 6.23. The molecule has 12 heteroatoms. The Morgan fingerprint density at radius 2 is 1.59 bits per heavy atom. The Kier molecular flexibility index (Phi) is 8.14. The molecular formula is C39H39N5O6Si. The SMILES string of the molecule is C[C@@H]1[C@@H]([Si](C)(C)O)[C@H](CCn2cc(CCO)nn2)O[C@@]12C(=O)N(c1ccccc1)c1ccc(N3C(=O)c4ccccc4Oc4ccccc43)cc12. The van der Waals surface area contributed by atoms with Crippen molar-refractivity contribution in [1.82, 2.24) is 15.0 Å². The molecule has 1 spiro atoms. The predicted octanol–water partition coefficient (Wildman–Crippen LogP) is 6.46. The Morgan fingerprint density at radius 1 is 0.863 bits per heavy atom. The summed E-state index contributed by atoms with van der Waals surface area (Å²) in [4.78, 5) is 44.7. The van der Waals surface area contributed by atoms with Crippen molar-refractivity contribution in [1.29, 1.82) is 0 Å². The molecule has 8 rings (SSSR count). The van der Waals surface area contributed by atoms with Crippen LogP contribution < -0.4 is 14.5 Å². The monoisotopic (exact) mass is 701 g/mol. The minimum Gasteiger partial charge on any atom is -0.454 e. The van der Waals surface area contributed by atoms with Gasteiger partial charge in [-0.1, -0.05) is 54.6 Å². The van der Waals surface area contributed by atoms with E-state index in [2.05, 4.69) is 10.3 Å². The molecule has 51 heavy (non-hydrogen) atoms. The minimum absolute atomic E-state index is 0.0214. The summed E-state index contributed by atoms with van der Waals surface area (Å²) in [5.41, 5.74) is 2.48. The van der Waals surface area contributed by atoms with E-state index < -0.39 is 25.9 Å². The highest BCUT2D eigenvalue weighted by atomic mass is 28.4. The number of aliphatic hydroxyl groups excluding tert-OH is 1. The fourth-order valence-electron chi connectivity index (χ4n) is 8.23. The smallest absolute Gasteiger partial charge is 0.268 e. The lowest BCUT2D eigenvalue weighted by molar-refractivity contribution is -0.145. The molecule has 1 saturated heterocycles. The second kappa shape index (κ2) is 12.6. The quantitative estimate of drug-likeness (QED) is 0.176. The highest BCUT2D eigenvalue weighted by molar-refractivity contribution is 6.71. The van der Waals surface area contributed by atoms with Crippen LogP contribution in [0.5, 0.6) is 11.5 Å². The first-order valence-corrected chi connectivity index (χ1v) is 20.3. The maximum atomic E-state index is 15.1. The fraction of sp³-hybridized carbons (Fsp3) is 0.282. The number of amides is 2. The Bertz CT molecular complexity index is 2130. The van der Waals surface area contributed by atoms with Crippen molar-refractivity contribution >= 4 is 42.9 Å². The van der Waals surface area contributed by atoms with Gasteiger partial charge in [0.05, 0.1) is 28.7 Å². The molecule has 0 bridgehead atoms. The minimum atomic E-state index is -2.95. The number of carbonyl (C=O) groups is 2. The molecule has 0 radical (unpaired) electrons. The Balaban J connectivity index is 1.27. The summed E-state index contributed by atoms with van der Waals surface area (Å²) in [5.74, 6) is 0.0803. The van der Waals surface area contributed by atoms with Crippen molar-refractivity contribution in [3.63, 3.8) is 0 Å². The molecule has 4 aromatic carbocycles. The summed E-state index contributed by atoms with van der Waals surface area (Å²) in [6.07, 6.45) is 2.21. The van der Waals surface area contributed by atoms with E-state index in [4.69, 9.17) is 9.47 Å². The highest BCUT2D eigenvalue weighted by Crippen LogP contribution is 2.61. The predicted molar refractivity (Wildman–Crippen MR) is 194 cm³/mol. The number of fused-ring (bicyclic) bond motifs is 4. The van der Waals surface area contributed by atoms with E-state index in [-0.39, 0.29) is 24.0 Å². The molecule has 4 atom stereocenters. The molecule has 1 aromatic heterocycles. The number of para-hydroxylation sites is 4. The number of aryl methyl sites for hydroxylation is 1. The van der Waals surface area contributed by atoms with Crippen LogP contribution in [0.15, 0.2) is 103 Å². The molecule has 5 aromatic rings. The largest absolute Gasteiger partial charge is 0.454 e. The van der Waals surface area contributed by atoms with Crippen molar-refractivity contribution in [2.24, 2.45) is 5.92 Å². The van der Waals surface area contributed by atoms with E-state index in [0.29, 0.717) is 70.5 Å². The zero-order valence-electron chi connectivity index (χ0n) is 28.6. The molecule has 260 valence electrons. The lowest BCUT2D eigenvalue weighted by atomic mass is 9.82. The van der Waals surface area contributed by atoms with Gasteiger partial charge in [-0.3, -0.25) is 24.1 Å². The van der Waals surface area contributed by atoms with Crippen LogP contribution in [-0.2, 0) is 28.1 Å². The van der Waals surface area contributed by atoms with Crippen LogP contribution in [0.3, 0.4) is 0 Å². The third kappa shape index (κ3) is 5.37. The first kappa shape index (κ1) is 33.0. The number of ether oxygens (including phenoxy) is 2. The van der Waals surface area contributed by atoms with Crippen LogP contribution in [0.4, 0.5) is 22.7 Å². The molecule has 0 aliphatic carbocycles. The third-order valence-electron chi connectivity index (χ3n) is 10.4. The average molecular weight is 702 g/mol. The molecule has 3 aliphatic heterocycles. The summed E-state index contributed by atoms with van der Waals surface area (Å²) >= 11 is 0. The highest BCUT2D eigenvalue weighted by Gasteiger charge is 2.66. The van der Waals surface area contributed by atoms with Gasteiger partial charge in [-0.25, -0.2) is 0 Å². The van der Waals surface area contributed by atoms with Crippen LogP contribution in [0, 0.1) is 5.92 Å². The molecule has 3 aliphatic rings. The molecule has 0 saturated carbocycles. The Hall–Kier alpha value is -5.14. The average Bonchev–Trinajstić information content (AvgIpc) is 3.75. The van der Waals surface area contributed by atoms with Crippen LogP contribution in [0.1, 0.15) is 35.0 Å². The van der Waals surface area contributed by atoms with Gasteiger partial charge in [-0.05, 0) is 74.1 Å². The van der Waals surface area contributed by atoms with Crippen molar-refractivity contribution in [2.45, 2.75) is 56.7 Å². The van der Waals surface area contributed by atoms with Gasteiger partial charge in [0.1, 0.15) is 5.75 Å². The molecule has 2 N–H and O–H groups in total. The van der Waals surface area contributed by atoms with E-state index in [1.807, 2.05) is 105 Å². The van der Waals surface area contributed by atoms with Crippen LogP contribution in [0.2, 0.25) is 18.6 Å². The summed E-state index contributed by atoms with van der Waals surface area (Å²) in [6, 6.07) is 29.7.